The second kappa shape index (κ2) is 14.3. The highest BCUT2D eigenvalue weighted by Crippen LogP contribution is 2.26. The van der Waals surface area contributed by atoms with Crippen molar-refractivity contribution in [3.63, 3.8) is 0 Å². The van der Waals surface area contributed by atoms with Gasteiger partial charge in [0, 0.05) is 24.0 Å². The molecule has 192 valence electrons. The monoisotopic (exact) mass is 500 g/mol. The van der Waals surface area contributed by atoms with E-state index in [2.05, 4.69) is 33.8 Å². The Balaban J connectivity index is 0.000000325. The van der Waals surface area contributed by atoms with Crippen LogP contribution in [0.5, 0.6) is 23.0 Å². The Bertz CT molecular complexity index is 1130. The molecule has 0 amide bonds. The van der Waals surface area contributed by atoms with Crippen molar-refractivity contribution in [2.24, 2.45) is 0 Å². The van der Waals surface area contributed by atoms with Gasteiger partial charge in [0.25, 0.3) is 0 Å². The molecule has 2 heterocycles. The maximum Gasteiger partial charge on any atom is 0.159 e. The zero-order valence-corrected chi connectivity index (χ0v) is 21.2. The Morgan fingerprint density at radius 2 is 1.00 bits per heavy atom. The fourth-order valence-corrected chi connectivity index (χ4v) is 3.29. The van der Waals surface area contributed by atoms with Crippen LogP contribution in [0.15, 0.2) is 73.3 Å². The first-order valence-electron chi connectivity index (χ1n) is 12.4. The van der Waals surface area contributed by atoms with Gasteiger partial charge in [-0.2, -0.15) is 0 Å². The molecule has 8 nitrogen and oxygen atoms in total. The van der Waals surface area contributed by atoms with Gasteiger partial charge in [0.15, 0.2) is 23.1 Å². The van der Waals surface area contributed by atoms with Crippen LogP contribution >= 0.6 is 0 Å². The number of ether oxygens (including phenoxy) is 1. The number of nitrogens with zero attached hydrogens (tertiary/aromatic N) is 4. The Morgan fingerprint density at radius 3 is 1.32 bits per heavy atom. The first-order valence-corrected chi connectivity index (χ1v) is 12.4. The van der Waals surface area contributed by atoms with Crippen LogP contribution < -0.4 is 4.74 Å². The molecule has 4 aromatic rings. The fraction of sp³-hybridized carbons (Fsp3) is 0.276. The average Bonchev–Trinajstić information content (AvgIpc) is 2.93. The van der Waals surface area contributed by atoms with Crippen molar-refractivity contribution < 1.29 is 19.7 Å². The molecule has 0 aliphatic heterocycles. The molecule has 0 radical (unpaired) electrons. The van der Waals surface area contributed by atoms with E-state index in [4.69, 9.17) is 4.74 Å². The number of rotatable bonds is 10. The smallest absolute Gasteiger partial charge is 0.159 e. The number of carbonyl (C=O) groups is 1. The lowest BCUT2D eigenvalue weighted by atomic mass is 10.1. The predicted molar refractivity (Wildman–Crippen MR) is 142 cm³/mol. The number of aromatic nitrogens is 4. The lowest BCUT2D eigenvalue weighted by Crippen LogP contribution is -1.96. The number of ketones is 1. The summed E-state index contributed by atoms with van der Waals surface area (Å²) in [5, 5.41) is 18.5. The average molecular weight is 501 g/mol. The largest absolute Gasteiger partial charge is 0.505 e. The topological polar surface area (TPSA) is 118 Å². The first kappa shape index (κ1) is 27.3. The number of Topliss-reactive ketones (excluding diaryl/α,β-unsaturated/α-hetero) is 1. The fourth-order valence-electron chi connectivity index (χ4n) is 3.29. The van der Waals surface area contributed by atoms with Crippen molar-refractivity contribution in [1.82, 2.24) is 19.9 Å². The molecule has 4 rings (SSSR count). The number of hydrogen-bond acceptors (Lipinski definition) is 8. The molecule has 0 bridgehead atoms. The highest BCUT2D eigenvalue weighted by Gasteiger charge is 2.05. The number of hydrogen-bond donors (Lipinski definition) is 2. The maximum atomic E-state index is 11.0. The molecule has 2 N–H and O–H groups in total. The van der Waals surface area contributed by atoms with E-state index in [0.717, 1.165) is 49.7 Å². The van der Waals surface area contributed by atoms with Crippen LogP contribution in [0.2, 0.25) is 0 Å². The van der Waals surface area contributed by atoms with E-state index < -0.39 is 0 Å². The van der Waals surface area contributed by atoms with Gasteiger partial charge < -0.3 is 14.9 Å². The Morgan fingerprint density at radius 1 is 0.649 bits per heavy atom. The molecule has 0 saturated heterocycles. The summed E-state index contributed by atoms with van der Waals surface area (Å²) in [6.07, 6.45) is 11.4. The molecule has 0 aliphatic rings. The van der Waals surface area contributed by atoms with Gasteiger partial charge in [-0.3, -0.25) is 4.79 Å². The molecule has 2 aromatic carbocycles. The van der Waals surface area contributed by atoms with E-state index in [-0.39, 0.29) is 11.5 Å². The number of unbranched alkanes of at least 4 members (excludes halogenated alkanes) is 2. The second-order valence-corrected chi connectivity index (χ2v) is 8.43. The van der Waals surface area contributed by atoms with Gasteiger partial charge in [-0.25, -0.2) is 19.9 Å². The molecule has 8 heteroatoms. The van der Waals surface area contributed by atoms with Gasteiger partial charge in [-0.1, -0.05) is 26.7 Å². The van der Waals surface area contributed by atoms with Gasteiger partial charge in [0.05, 0.1) is 24.8 Å². The third-order valence-corrected chi connectivity index (χ3v) is 5.36. The molecular formula is C29H32N4O4. The van der Waals surface area contributed by atoms with E-state index in [1.54, 1.807) is 0 Å². The summed E-state index contributed by atoms with van der Waals surface area (Å²) in [5.74, 6) is 2.90. The van der Waals surface area contributed by atoms with Crippen molar-refractivity contribution >= 4 is 5.78 Å². The molecule has 37 heavy (non-hydrogen) atoms. The molecule has 0 spiro atoms. The van der Waals surface area contributed by atoms with E-state index >= 15 is 0 Å². The SMILES string of the molecule is CCCCC(=O)CCCC.Oc1cnc(-c2ccc(Oc3ccc(-c4ncc(O)cn4)cc3)cc2)nc1. The van der Waals surface area contributed by atoms with Crippen LogP contribution in [0.3, 0.4) is 0 Å². The van der Waals surface area contributed by atoms with Crippen molar-refractivity contribution in [2.45, 2.75) is 52.4 Å². The maximum absolute atomic E-state index is 11.0. The van der Waals surface area contributed by atoms with Crippen LogP contribution in [-0.4, -0.2) is 35.9 Å². The van der Waals surface area contributed by atoms with Gasteiger partial charge in [-0.05, 0) is 61.4 Å². The minimum absolute atomic E-state index is 0.0276. The molecule has 0 unspecified atom stereocenters. The summed E-state index contributed by atoms with van der Waals surface area (Å²) >= 11 is 0. The molecule has 0 saturated carbocycles. The number of benzene rings is 2. The number of aromatic hydroxyl groups is 2. The Hall–Kier alpha value is -4.33. The summed E-state index contributed by atoms with van der Waals surface area (Å²) in [4.78, 5) is 27.3. The summed E-state index contributed by atoms with van der Waals surface area (Å²) in [6, 6.07) is 14.7. The molecular weight excluding hydrogens is 468 g/mol. The van der Waals surface area contributed by atoms with Gasteiger partial charge in [0.2, 0.25) is 0 Å². The van der Waals surface area contributed by atoms with Crippen LogP contribution in [0, 0.1) is 0 Å². The molecule has 0 fully saturated rings. The minimum Gasteiger partial charge on any atom is -0.505 e. The summed E-state index contributed by atoms with van der Waals surface area (Å²) in [7, 11) is 0. The lowest BCUT2D eigenvalue weighted by molar-refractivity contribution is -0.119. The van der Waals surface area contributed by atoms with E-state index in [9.17, 15) is 15.0 Å². The first-order chi connectivity index (χ1) is 18.0. The highest BCUT2D eigenvalue weighted by atomic mass is 16.5. The van der Waals surface area contributed by atoms with Crippen LogP contribution in [-0.2, 0) is 4.79 Å². The van der Waals surface area contributed by atoms with Crippen LogP contribution in [0.4, 0.5) is 0 Å². The summed E-state index contributed by atoms with van der Waals surface area (Å²) < 4.78 is 5.84. The van der Waals surface area contributed by atoms with Crippen LogP contribution in [0.1, 0.15) is 52.4 Å². The quantitative estimate of drug-likeness (QED) is 0.246. The Kier molecular flexibility index (Phi) is 10.5. The van der Waals surface area contributed by atoms with E-state index in [1.807, 2.05) is 48.5 Å². The minimum atomic E-state index is 0.0276. The predicted octanol–water partition coefficient (Wildman–Crippen LogP) is 6.74. The van der Waals surface area contributed by atoms with Crippen molar-refractivity contribution in [1.29, 1.82) is 0 Å². The van der Waals surface area contributed by atoms with Gasteiger partial charge in [0.1, 0.15) is 17.3 Å². The van der Waals surface area contributed by atoms with Crippen molar-refractivity contribution in [3.05, 3.63) is 73.3 Å². The highest BCUT2D eigenvalue weighted by molar-refractivity contribution is 5.78. The standard InChI is InChI=1S/C20H14N4O3.C9H18O/c25-15-9-21-19(22-10-15)13-1-5-17(6-2-13)27-18-7-3-14(4-8-18)20-23-11-16(26)12-24-20;1-3-5-7-9(10)8-6-4-2/h1-12,25-26H;3-8H2,1-2H3. The van der Waals surface area contributed by atoms with Gasteiger partial charge >= 0.3 is 0 Å². The zero-order valence-electron chi connectivity index (χ0n) is 21.2. The molecule has 0 aliphatic carbocycles. The third-order valence-electron chi connectivity index (χ3n) is 5.36. The zero-order chi connectivity index (χ0) is 26.5. The molecule has 0 atom stereocenters. The second-order valence-electron chi connectivity index (χ2n) is 8.43. The van der Waals surface area contributed by atoms with Crippen molar-refractivity contribution in [3.8, 4) is 45.8 Å². The Labute approximate surface area is 217 Å². The van der Waals surface area contributed by atoms with E-state index in [1.165, 1.54) is 24.8 Å². The van der Waals surface area contributed by atoms with Crippen molar-refractivity contribution in [2.75, 3.05) is 0 Å². The molecule has 2 aromatic heterocycles. The third kappa shape index (κ3) is 9.00. The van der Waals surface area contributed by atoms with Crippen LogP contribution in [0.25, 0.3) is 22.8 Å². The summed E-state index contributed by atoms with van der Waals surface area (Å²) in [5.41, 5.74) is 1.64. The van der Waals surface area contributed by atoms with Gasteiger partial charge in [-0.15, -0.1) is 0 Å². The number of carbonyl (C=O) groups excluding carboxylic acids is 1. The summed E-state index contributed by atoms with van der Waals surface area (Å²) in [6.45, 7) is 4.24. The van der Waals surface area contributed by atoms with E-state index in [0.29, 0.717) is 28.9 Å². The lowest BCUT2D eigenvalue weighted by Gasteiger charge is -2.07. The normalized spacial score (nSPS) is 10.3.